The Balaban J connectivity index is 1.27. The Hall–Kier alpha value is -7.71. The van der Waals surface area contributed by atoms with Crippen LogP contribution in [-0.4, -0.2) is 86.3 Å². The molecule has 1 aromatic heterocycles. The molecule has 20 heteroatoms. The van der Waals surface area contributed by atoms with Gasteiger partial charge in [-0.1, -0.05) is 78.9 Å². The number of fused-ring (bicyclic) bond motifs is 3. The number of amides is 3. The fourth-order valence-electron chi connectivity index (χ4n) is 8.40. The van der Waals surface area contributed by atoms with Crippen molar-refractivity contribution in [2.24, 2.45) is 0 Å². The number of anilines is 2. The van der Waals surface area contributed by atoms with Crippen LogP contribution in [0.15, 0.2) is 146 Å². The van der Waals surface area contributed by atoms with Gasteiger partial charge in [0.25, 0.3) is 0 Å². The highest BCUT2D eigenvalue weighted by Crippen LogP contribution is 2.42. The maximum Gasteiger partial charge on any atom is 0.471 e. The molecule has 11 nitrogen and oxygen atoms in total. The van der Waals surface area contributed by atoms with E-state index in [2.05, 4.69) is 0 Å². The molecular weight excluding hydrogens is 964 g/mol. The van der Waals surface area contributed by atoms with E-state index >= 15 is 0 Å². The van der Waals surface area contributed by atoms with Gasteiger partial charge in [0.15, 0.2) is 6.54 Å². The highest BCUT2D eigenvalue weighted by molar-refractivity contribution is 6.11. The monoisotopic (exact) mass is 1010 g/mol. The summed E-state index contributed by atoms with van der Waals surface area (Å²) in [5.41, 5.74) is 0.200. The first-order valence-electron chi connectivity index (χ1n) is 21.9. The first-order valence-corrected chi connectivity index (χ1v) is 21.9. The number of methoxy groups -OCH3 is 2. The van der Waals surface area contributed by atoms with Crippen LogP contribution < -0.4 is 24.7 Å². The molecule has 376 valence electrons. The fraction of sp³-hybridized carbons (Fsp3) is 0.231. The van der Waals surface area contributed by atoms with E-state index < -0.39 is 67.7 Å². The number of nitrogens with one attached hydrogen (secondary N) is 2. The lowest BCUT2D eigenvalue weighted by atomic mass is 9.80. The quantitative estimate of drug-likeness (QED) is 0.0359. The highest BCUT2D eigenvalue weighted by atomic mass is 19.4. The zero-order valence-corrected chi connectivity index (χ0v) is 38.2. The van der Waals surface area contributed by atoms with E-state index in [1.165, 1.54) is 49.1 Å². The van der Waals surface area contributed by atoms with Gasteiger partial charge in [0.2, 0.25) is 11.2 Å². The lowest BCUT2D eigenvalue weighted by Gasteiger charge is -2.37. The standard InChI is InChI=1S/C52H43F9N4O7/c1-70-39-20-14-34(15-21-39)49(33-12-7-4-8-13-33,35-16-22-40(71-2)23-17-35)72-31-38(66)30-64(48(69)52(59,60)61)26-9-27-65-44-29-37(63-47(68)51(56,57)58)19-25-42(44)41-24-18-36(62-46(67)50(53,54)55)28-43(41)45(65)32-10-5-3-6-11-32/h3-8,10-25,28-29,38,66H,9,26-27,30-31H2,1-2H3,(H,62,67)/p+1/t38-/m0/s1. The van der Waals surface area contributed by atoms with Crippen LogP contribution >= 0.6 is 0 Å². The van der Waals surface area contributed by atoms with Crippen LogP contribution in [0.2, 0.25) is 0 Å². The molecule has 0 saturated heterocycles. The van der Waals surface area contributed by atoms with E-state index in [-0.39, 0.29) is 46.3 Å². The van der Waals surface area contributed by atoms with Crippen LogP contribution in [0.4, 0.5) is 50.9 Å². The first kappa shape index (κ1) is 52.1. The van der Waals surface area contributed by atoms with E-state index in [1.54, 1.807) is 120 Å². The van der Waals surface area contributed by atoms with Crippen LogP contribution in [0, 0.1) is 0 Å². The summed E-state index contributed by atoms with van der Waals surface area (Å²) >= 11 is 0. The summed E-state index contributed by atoms with van der Waals surface area (Å²) in [6, 6.07) is 38.0. The van der Waals surface area contributed by atoms with Crippen LogP contribution in [0.3, 0.4) is 0 Å². The zero-order chi connectivity index (χ0) is 52.0. The molecule has 0 unspecified atom stereocenters. The number of pyridine rings is 1. The fourth-order valence-corrected chi connectivity index (χ4v) is 8.40. The summed E-state index contributed by atoms with van der Waals surface area (Å²) in [5.74, 6) is -5.87. The number of rotatable bonds is 17. The first-order chi connectivity index (χ1) is 34.1. The second kappa shape index (κ2) is 21.3. The predicted octanol–water partition coefficient (Wildman–Crippen LogP) is 10.1. The number of aromatic nitrogens is 1. The average Bonchev–Trinajstić information content (AvgIpc) is 3.36. The van der Waals surface area contributed by atoms with Crippen molar-refractivity contribution >= 4 is 50.8 Å². The molecule has 3 amide bonds. The minimum absolute atomic E-state index is 0.116. The predicted molar refractivity (Wildman–Crippen MR) is 248 cm³/mol. The van der Waals surface area contributed by atoms with Crippen molar-refractivity contribution in [1.82, 2.24) is 4.90 Å². The minimum Gasteiger partial charge on any atom is -0.497 e. The van der Waals surface area contributed by atoms with Crippen molar-refractivity contribution in [3.8, 4) is 22.8 Å². The molecule has 0 radical (unpaired) electrons. The van der Waals surface area contributed by atoms with Crippen molar-refractivity contribution < 1.29 is 77.8 Å². The van der Waals surface area contributed by atoms with Crippen LogP contribution in [-0.2, 0) is 31.3 Å². The van der Waals surface area contributed by atoms with Gasteiger partial charge in [-0.15, -0.1) is 0 Å². The molecule has 72 heavy (non-hydrogen) atoms. The maximum atomic E-state index is 14.4. The van der Waals surface area contributed by atoms with E-state index in [0.29, 0.717) is 44.0 Å². The van der Waals surface area contributed by atoms with Gasteiger partial charge in [0, 0.05) is 47.9 Å². The lowest BCUT2D eigenvalue weighted by Crippen LogP contribution is -2.48. The van der Waals surface area contributed by atoms with Crippen molar-refractivity contribution in [3.63, 3.8) is 0 Å². The number of halogens is 9. The van der Waals surface area contributed by atoms with Crippen molar-refractivity contribution in [3.05, 3.63) is 162 Å². The minimum atomic E-state index is -5.43. The van der Waals surface area contributed by atoms with Crippen LogP contribution in [0.1, 0.15) is 23.1 Å². The maximum absolute atomic E-state index is 14.4. The molecule has 0 aliphatic carbocycles. The molecule has 0 bridgehead atoms. The molecule has 3 N–H and O–H groups in total. The second-order valence-electron chi connectivity index (χ2n) is 16.3. The van der Waals surface area contributed by atoms with Gasteiger partial charge in [0.05, 0.1) is 37.7 Å². The third-order valence-electron chi connectivity index (χ3n) is 11.6. The topological polar surface area (TPSA) is 130 Å². The Bertz CT molecular complexity index is 3000. The summed E-state index contributed by atoms with van der Waals surface area (Å²) in [6.45, 7) is -2.52. The average molecular weight is 1010 g/mol. The largest absolute Gasteiger partial charge is 0.497 e. The smallest absolute Gasteiger partial charge is 0.471 e. The van der Waals surface area contributed by atoms with Crippen molar-refractivity contribution in [2.45, 2.75) is 43.2 Å². The number of carbonyl (C=O) groups excluding carboxylic acids is 3. The van der Waals surface area contributed by atoms with Crippen molar-refractivity contribution in [2.75, 3.05) is 44.5 Å². The molecule has 0 saturated carbocycles. The molecule has 1 atom stereocenters. The third kappa shape index (κ3) is 11.6. The summed E-state index contributed by atoms with van der Waals surface area (Å²) in [5, 5.41) is 16.0. The number of aryl methyl sites for hydroxylation is 1. The van der Waals surface area contributed by atoms with Gasteiger partial charge in [-0.25, -0.2) is 0 Å². The number of aliphatic hydroxyl groups excluding tert-OH is 1. The molecule has 1 heterocycles. The Morgan fingerprint density at radius 1 is 0.597 bits per heavy atom. The summed E-state index contributed by atoms with van der Waals surface area (Å²) in [6.07, 6.45) is -18.1. The number of alkyl halides is 9. The number of hydrogen-bond acceptors (Lipinski definition) is 7. The summed E-state index contributed by atoms with van der Waals surface area (Å²) in [4.78, 5) is 37.7. The van der Waals surface area contributed by atoms with Crippen LogP contribution in [0.25, 0.3) is 32.9 Å². The SMILES string of the molecule is COc1ccc(C(OC[C@@H](O)CN(CCC[n+]2c(-c3ccccc3)c3cc(NC(=O)C(F)(F)F)ccc3c3ccc(NC(=O)C(F)(F)F)cc32)C(=O)C(F)(F)F)(c2ccccc2)c2ccc(OC)cc2)cc1. The molecule has 0 spiro atoms. The molecule has 0 fully saturated rings. The molecule has 7 rings (SSSR count). The number of ether oxygens (including phenoxy) is 3. The Labute approximate surface area is 405 Å². The molecule has 7 aromatic rings. The van der Waals surface area contributed by atoms with Gasteiger partial charge in [-0.3, -0.25) is 14.4 Å². The number of hydrogen-bond donors (Lipinski definition) is 3. The van der Waals surface area contributed by atoms with Gasteiger partial charge >= 0.3 is 36.3 Å². The van der Waals surface area contributed by atoms with E-state index in [9.17, 15) is 59.0 Å². The van der Waals surface area contributed by atoms with Gasteiger partial charge in [0.1, 0.15) is 17.1 Å². The van der Waals surface area contributed by atoms with E-state index in [1.807, 2.05) is 0 Å². The van der Waals surface area contributed by atoms with Crippen LogP contribution in [0.5, 0.6) is 11.5 Å². The van der Waals surface area contributed by atoms with E-state index in [0.717, 1.165) is 6.07 Å². The Morgan fingerprint density at radius 2 is 1.08 bits per heavy atom. The number of aliphatic hydroxyl groups is 1. The summed E-state index contributed by atoms with van der Waals surface area (Å²) in [7, 11) is 2.97. The Morgan fingerprint density at radius 3 is 1.58 bits per heavy atom. The van der Waals surface area contributed by atoms with Gasteiger partial charge in [-0.2, -0.15) is 44.1 Å². The number of nitrogens with zero attached hydrogens (tertiary/aromatic N) is 2. The lowest BCUT2D eigenvalue weighted by molar-refractivity contribution is -0.659. The Kier molecular flexibility index (Phi) is 15.4. The third-order valence-corrected chi connectivity index (χ3v) is 11.6. The zero-order valence-electron chi connectivity index (χ0n) is 38.2. The molecule has 0 aliphatic heterocycles. The van der Waals surface area contributed by atoms with Crippen molar-refractivity contribution in [1.29, 1.82) is 0 Å². The van der Waals surface area contributed by atoms with Gasteiger partial charge < -0.3 is 34.9 Å². The highest BCUT2D eigenvalue weighted by Gasteiger charge is 2.44. The molecule has 0 aliphatic rings. The molecular formula is C52H44F9N4O7+. The normalized spacial score (nSPS) is 12.6. The molecule has 6 aromatic carbocycles. The second-order valence-corrected chi connectivity index (χ2v) is 16.3. The number of benzene rings is 6. The summed E-state index contributed by atoms with van der Waals surface area (Å²) < 4.78 is 143. The van der Waals surface area contributed by atoms with E-state index in [4.69, 9.17) is 14.2 Å². The number of carbonyl (C=O) groups is 3. The van der Waals surface area contributed by atoms with Gasteiger partial charge in [-0.05, 0) is 77.4 Å².